The predicted octanol–water partition coefficient (Wildman–Crippen LogP) is 3.88. The average molecular weight is 417 g/mol. The van der Waals surface area contributed by atoms with Gasteiger partial charge in [0.25, 0.3) is 5.66 Å². The third-order valence-electron chi connectivity index (χ3n) is 4.24. The number of rotatable bonds is 5. The smallest absolute Gasteiger partial charge is 0.351 e. The fraction of sp³-hybridized carbons (Fsp3) is 0.150. The molecule has 2 aromatic carbocycles. The number of carboxylic acid groups (broad SMARTS) is 1. The van der Waals surface area contributed by atoms with Gasteiger partial charge in [0, 0.05) is 11.1 Å². The Morgan fingerprint density at radius 1 is 1.14 bits per heavy atom. The minimum Gasteiger partial charge on any atom is -0.508 e. The summed E-state index contributed by atoms with van der Waals surface area (Å²) in [5.41, 5.74) is -0.820. The van der Waals surface area contributed by atoms with E-state index < -0.39 is 11.6 Å². The highest BCUT2D eigenvalue weighted by atomic mass is 31.0. The second-order valence-electron chi connectivity index (χ2n) is 6.35. The first-order chi connectivity index (χ1) is 13.6. The zero-order chi connectivity index (χ0) is 21.2. The number of benzene rings is 2. The van der Waals surface area contributed by atoms with E-state index in [1.54, 1.807) is 30.3 Å². The lowest BCUT2D eigenvalue weighted by Gasteiger charge is -2.25. The molecule has 2 aromatic rings. The van der Waals surface area contributed by atoms with Gasteiger partial charge in [-0.3, -0.25) is 4.99 Å². The highest BCUT2D eigenvalue weighted by Gasteiger charge is 2.24. The lowest BCUT2D eigenvalue weighted by atomic mass is 10.0. The molecule has 1 unspecified atom stereocenters. The van der Waals surface area contributed by atoms with E-state index in [2.05, 4.69) is 10.1 Å². The fourth-order valence-electron chi connectivity index (χ4n) is 2.68. The first-order valence-electron chi connectivity index (χ1n) is 8.54. The summed E-state index contributed by atoms with van der Waals surface area (Å²) in [6, 6.07) is 12.1. The van der Waals surface area contributed by atoms with Gasteiger partial charge in [0.1, 0.15) is 18.1 Å². The van der Waals surface area contributed by atoms with Gasteiger partial charge in [-0.1, -0.05) is 33.5 Å². The molecule has 1 heterocycles. The maximum Gasteiger partial charge on any atom is 0.351 e. The lowest BCUT2D eigenvalue weighted by molar-refractivity contribution is -0.129. The van der Waals surface area contributed by atoms with Gasteiger partial charge in [-0.25, -0.2) is 9.80 Å². The van der Waals surface area contributed by atoms with E-state index in [1.807, 2.05) is 0 Å². The molecule has 1 aliphatic rings. The Kier molecular flexibility index (Phi) is 5.75. The summed E-state index contributed by atoms with van der Waals surface area (Å²) in [5, 5.41) is 24.2. The van der Waals surface area contributed by atoms with Gasteiger partial charge in [-0.15, -0.1) is 0 Å². The Morgan fingerprint density at radius 2 is 1.72 bits per heavy atom. The molecule has 1 aliphatic heterocycles. The van der Waals surface area contributed by atoms with Crippen molar-refractivity contribution in [1.82, 2.24) is 5.01 Å². The summed E-state index contributed by atoms with van der Waals surface area (Å²) in [6.07, 6.45) is 1.70. The highest BCUT2D eigenvalue weighted by molar-refractivity contribution is 7.17. The van der Waals surface area contributed by atoms with Gasteiger partial charge in [0.15, 0.2) is 0 Å². The zero-order valence-corrected chi connectivity index (χ0v) is 16.5. The average Bonchev–Trinajstić information content (AvgIpc) is 2.68. The Hall–Kier alpha value is -3.12. The SMILES string of the molecule is C/C(=N\N1CN=C(c2ccc(C(F)(F)P)cc2)C=C1c1ccc(O)cc1)C(=O)O. The molecule has 3 rings (SSSR count). The number of hydrazone groups is 1. The molecule has 0 spiro atoms. The number of alkyl halides is 2. The molecule has 0 aromatic heterocycles. The van der Waals surface area contributed by atoms with Gasteiger partial charge in [-0.05, 0) is 42.8 Å². The van der Waals surface area contributed by atoms with Gasteiger partial charge < -0.3 is 10.2 Å². The molecule has 0 fully saturated rings. The van der Waals surface area contributed by atoms with Crippen LogP contribution in [0.15, 0.2) is 64.7 Å². The number of aliphatic carboxylic acids is 1. The molecule has 6 nitrogen and oxygen atoms in total. The predicted molar refractivity (Wildman–Crippen MR) is 110 cm³/mol. The van der Waals surface area contributed by atoms with E-state index in [4.69, 9.17) is 5.11 Å². The topological polar surface area (TPSA) is 85.5 Å². The van der Waals surface area contributed by atoms with E-state index in [1.165, 1.54) is 45.4 Å². The van der Waals surface area contributed by atoms with Gasteiger partial charge in [0.05, 0.1) is 11.4 Å². The molecule has 29 heavy (non-hydrogen) atoms. The van der Waals surface area contributed by atoms with E-state index >= 15 is 0 Å². The molecular formula is C20H18F2N3O3P. The van der Waals surface area contributed by atoms with Crippen LogP contribution in [0.3, 0.4) is 0 Å². The third kappa shape index (κ3) is 4.84. The lowest BCUT2D eigenvalue weighted by Crippen LogP contribution is -2.25. The number of phenolic OH excluding ortho intramolecular Hbond substituents is 1. The first-order valence-corrected chi connectivity index (χ1v) is 9.12. The second kappa shape index (κ2) is 8.09. The number of aliphatic imine (C=N–C) groups is 1. The summed E-state index contributed by atoms with van der Waals surface area (Å²) in [4.78, 5) is 15.6. The molecule has 0 saturated heterocycles. The summed E-state index contributed by atoms with van der Waals surface area (Å²) >= 11 is 0. The van der Waals surface area contributed by atoms with Crippen LogP contribution in [0.25, 0.3) is 5.70 Å². The van der Waals surface area contributed by atoms with Crippen LogP contribution in [0.1, 0.15) is 23.6 Å². The Morgan fingerprint density at radius 3 is 2.28 bits per heavy atom. The quantitative estimate of drug-likeness (QED) is 0.571. The molecule has 9 heteroatoms. The van der Waals surface area contributed by atoms with Crippen LogP contribution in [0.4, 0.5) is 8.78 Å². The normalized spacial score (nSPS) is 15.0. The van der Waals surface area contributed by atoms with Crippen molar-refractivity contribution in [3.63, 3.8) is 0 Å². The molecule has 0 radical (unpaired) electrons. The van der Waals surface area contributed by atoms with Crippen molar-refractivity contribution < 1.29 is 23.8 Å². The van der Waals surface area contributed by atoms with Crippen molar-refractivity contribution in [2.45, 2.75) is 12.6 Å². The Balaban J connectivity index is 2.00. The minimum absolute atomic E-state index is 0.0498. The van der Waals surface area contributed by atoms with Crippen molar-refractivity contribution in [3.05, 3.63) is 71.3 Å². The number of halogens is 2. The van der Waals surface area contributed by atoms with Crippen molar-refractivity contribution in [2.24, 2.45) is 10.1 Å². The number of hydrogen-bond acceptors (Lipinski definition) is 5. The van der Waals surface area contributed by atoms with Crippen LogP contribution in [0, 0.1) is 0 Å². The molecule has 0 bridgehead atoms. The third-order valence-corrected chi connectivity index (χ3v) is 4.57. The highest BCUT2D eigenvalue weighted by Crippen LogP contribution is 2.35. The maximum absolute atomic E-state index is 13.4. The summed E-state index contributed by atoms with van der Waals surface area (Å²) < 4.78 is 26.8. The van der Waals surface area contributed by atoms with Crippen LogP contribution < -0.4 is 0 Å². The maximum atomic E-state index is 13.4. The molecule has 0 amide bonds. The largest absolute Gasteiger partial charge is 0.508 e. The van der Waals surface area contributed by atoms with Gasteiger partial charge >= 0.3 is 5.97 Å². The number of carboxylic acids is 1. The summed E-state index contributed by atoms with van der Waals surface area (Å²) in [7, 11) is 1.50. The van der Waals surface area contributed by atoms with Crippen LogP contribution in [-0.2, 0) is 10.5 Å². The van der Waals surface area contributed by atoms with Crippen LogP contribution in [-0.4, -0.2) is 39.3 Å². The van der Waals surface area contributed by atoms with E-state index in [0.717, 1.165) is 0 Å². The molecule has 2 N–H and O–H groups in total. The Labute approximate surface area is 168 Å². The zero-order valence-electron chi connectivity index (χ0n) is 15.4. The number of aromatic hydroxyl groups is 1. The van der Waals surface area contributed by atoms with Gasteiger partial charge in [0.2, 0.25) is 0 Å². The van der Waals surface area contributed by atoms with Gasteiger partial charge in [-0.2, -0.15) is 13.9 Å². The second-order valence-corrected chi connectivity index (χ2v) is 7.08. The van der Waals surface area contributed by atoms with E-state index in [-0.39, 0.29) is 23.7 Å². The molecule has 0 aliphatic carbocycles. The van der Waals surface area contributed by atoms with Crippen LogP contribution >= 0.6 is 9.24 Å². The molecule has 150 valence electrons. The van der Waals surface area contributed by atoms with Crippen molar-refractivity contribution >= 4 is 32.3 Å². The molecular weight excluding hydrogens is 399 g/mol. The summed E-state index contributed by atoms with van der Waals surface area (Å²) in [5.74, 6) is -1.07. The number of nitrogens with zero attached hydrogens (tertiary/aromatic N) is 3. The minimum atomic E-state index is -3.01. The monoisotopic (exact) mass is 417 g/mol. The van der Waals surface area contributed by atoms with E-state index in [0.29, 0.717) is 22.5 Å². The van der Waals surface area contributed by atoms with E-state index in [9.17, 15) is 18.7 Å². The number of phenols is 1. The first kappa shape index (κ1) is 20.6. The standard InChI is InChI=1S/C20H18F2N3O3P/c1-12(19(27)28)24-25-11-23-17(10-18(25)14-4-8-16(26)9-5-14)13-2-6-15(7-3-13)20(21,22)29/h2-10,26H,11,29H2,1H3,(H,27,28)/b24-12+. The fourth-order valence-corrected chi connectivity index (χ4v) is 2.87. The number of allylic oxidation sites excluding steroid dienone is 1. The van der Waals surface area contributed by atoms with Crippen molar-refractivity contribution in [1.29, 1.82) is 0 Å². The number of carbonyl (C=O) groups is 1. The van der Waals surface area contributed by atoms with Crippen LogP contribution in [0.5, 0.6) is 5.75 Å². The summed E-state index contributed by atoms with van der Waals surface area (Å²) in [6.45, 7) is 1.42. The number of hydrogen-bond donors (Lipinski definition) is 2. The molecule has 0 saturated carbocycles. The van der Waals surface area contributed by atoms with Crippen molar-refractivity contribution in [3.8, 4) is 5.75 Å². The van der Waals surface area contributed by atoms with Crippen molar-refractivity contribution in [2.75, 3.05) is 6.67 Å². The Bertz CT molecular complexity index is 1010. The van der Waals surface area contributed by atoms with Crippen LogP contribution in [0.2, 0.25) is 0 Å². The molecule has 1 atom stereocenters.